The molecular weight excluding hydrogens is 505 g/mol. The molecule has 3 N–H and O–H groups in total. The van der Waals surface area contributed by atoms with Gasteiger partial charge in [-0.2, -0.15) is 0 Å². The van der Waals surface area contributed by atoms with E-state index in [1.807, 2.05) is 31.2 Å². The van der Waals surface area contributed by atoms with E-state index in [0.29, 0.717) is 30.6 Å². The first kappa shape index (κ1) is 27.6. The van der Waals surface area contributed by atoms with Crippen molar-refractivity contribution >= 4 is 35.8 Å². The Morgan fingerprint density at radius 2 is 1.90 bits per heavy atom. The lowest BCUT2D eigenvalue weighted by atomic mass is 10.0. The van der Waals surface area contributed by atoms with E-state index in [9.17, 15) is 4.79 Å². The summed E-state index contributed by atoms with van der Waals surface area (Å²) in [5.41, 5.74) is 1.70. The lowest BCUT2D eigenvalue weighted by molar-refractivity contribution is 0.00752. The summed E-state index contributed by atoms with van der Waals surface area (Å²) in [5, 5.41) is 9.77. The van der Waals surface area contributed by atoms with Crippen molar-refractivity contribution in [1.82, 2.24) is 20.9 Å². The van der Waals surface area contributed by atoms with Crippen LogP contribution < -0.4 is 16.0 Å². The van der Waals surface area contributed by atoms with Crippen LogP contribution in [-0.4, -0.2) is 68.7 Å². The predicted octanol–water partition coefficient (Wildman–Crippen LogP) is 2.86. The number of carbonyl (C=O) groups is 1. The summed E-state index contributed by atoms with van der Waals surface area (Å²) < 4.78 is 5.50. The van der Waals surface area contributed by atoms with Gasteiger partial charge in [0.05, 0.1) is 19.8 Å². The molecule has 1 atom stereocenters. The minimum atomic E-state index is -0.0296. The molecule has 1 aliphatic rings. The Morgan fingerprint density at radius 3 is 2.55 bits per heavy atom. The van der Waals surface area contributed by atoms with Crippen LogP contribution in [0.4, 0.5) is 0 Å². The quantitative estimate of drug-likeness (QED) is 0.240. The number of morpholine rings is 1. The van der Waals surface area contributed by atoms with Gasteiger partial charge in [0.1, 0.15) is 0 Å². The molecular formula is C23H40IN5O2. The van der Waals surface area contributed by atoms with Gasteiger partial charge in [0, 0.05) is 44.3 Å². The molecule has 176 valence electrons. The average Bonchev–Trinajstić information content (AvgIpc) is 2.76. The van der Waals surface area contributed by atoms with E-state index in [-0.39, 0.29) is 29.9 Å². The second-order valence-electron chi connectivity index (χ2n) is 7.99. The standard InChI is InChI=1S/C23H39N5O2.HI/c1-5-10-25-22(29)20-9-7-8-19(15-20)16-26-23(24-6-2)27-17-21(18(3)4)28-11-13-30-14-12-28;/h7-9,15,18,21H,5-6,10-14,16-17H2,1-4H3,(H,25,29)(H2,24,26,27);1H. The number of nitrogens with zero attached hydrogens (tertiary/aromatic N) is 2. The molecule has 8 heteroatoms. The van der Waals surface area contributed by atoms with Crippen molar-refractivity contribution in [3.63, 3.8) is 0 Å². The first-order valence-electron chi connectivity index (χ1n) is 11.3. The summed E-state index contributed by atoms with van der Waals surface area (Å²) in [7, 11) is 0. The van der Waals surface area contributed by atoms with Crippen LogP contribution in [0, 0.1) is 5.92 Å². The average molecular weight is 546 g/mol. The third kappa shape index (κ3) is 9.74. The Balaban J connectivity index is 0.00000480. The molecule has 2 rings (SSSR count). The Labute approximate surface area is 204 Å². The van der Waals surface area contributed by atoms with E-state index in [1.165, 1.54) is 0 Å². The molecule has 0 aliphatic carbocycles. The summed E-state index contributed by atoms with van der Waals surface area (Å²) in [4.78, 5) is 19.4. The van der Waals surface area contributed by atoms with Crippen LogP contribution >= 0.6 is 24.0 Å². The lowest BCUT2D eigenvalue weighted by Crippen LogP contribution is -2.52. The van der Waals surface area contributed by atoms with Gasteiger partial charge in [-0.05, 0) is 37.0 Å². The number of ether oxygens (including phenoxy) is 1. The first-order valence-corrected chi connectivity index (χ1v) is 11.3. The van der Waals surface area contributed by atoms with Gasteiger partial charge in [-0.3, -0.25) is 9.69 Å². The summed E-state index contributed by atoms with van der Waals surface area (Å²) in [6.45, 7) is 15.1. The second kappa shape index (κ2) is 15.4. The molecule has 0 radical (unpaired) electrons. The number of rotatable bonds is 10. The van der Waals surface area contributed by atoms with Crippen LogP contribution in [0.15, 0.2) is 29.3 Å². The van der Waals surface area contributed by atoms with Crippen LogP contribution in [0.1, 0.15) is 50.0 Å². The number of amides is 1. The van der Waals surface area contributed by atoms with Gasteiger partial charge in [0.25, 0.3) is 5.91 Å². The summed E-state index contributed by atoms with van der Waals surface area (Å²) in [6, 6.07) is 8.12. The van der Waals surface area contributed by atoms with Crippen molar-refractivity contribution in [1.29, 1.82) is 0 Å². The maximum absolute atomic E-state index is 12.2. The van der Waals surface area contributed by atoms with Gasteiger partial charge in [0.15, 0.2) is 5.96 Å². The zero-order chi connectivity index (χ0) is 21.8. The summed E-state index contributed by atoms with van der Waals surface area (Å²) >= 11 is 0. The van der Waals surface area contributed by atoms with E-state index >= 15 is 0 Å². The third-order valence-corrected chi connectivity index (χ3v) is 5.25. The number of carbonyl (C=O) groups excluding carboxylic acids is 1. The molecule has 1 heterocycles. The Bertz CT molecular complexity index is 678. The van der Waals surface area contributed by atoms with Crippen LogP contribution in [0.2, 0.25) is 0 Å². The van der Waals surface area contributed by atoms with Crippen LogP contribution in [0.3, 0.4) is 0 Å². The largest absolute Gasteiger partial charge is 0.379 e. The fraction of sp³-hybridized carbons (Fsp3) is 0.652. The highest BCUT2D eigenvalue weighted by molar-refractivity contribution is 14.0. The maximum atomic E-state index is 12.2. The molecule has 1 aromatic rings. The zero-order valence-corrected chi connectivity index (χ0v) is 21.8. The number of aliphatic imine (C=N–C) groups is 1. The van der Waals surface area contributed by atoms with Gasteiger partial charge in [-0.15, -0.1) is 24.0 Å². The number of hydrogen-bond donors (Lipinski definition) is 3. The maximum Gasteiger partial charge on any atom is 0.251 e. The summed E-state index contributed by atoms with van der Waals surface area (Å²) in [6.07, 6.45) is 0.926. The van der Waals surface area contributed by atoms with Gasteiger partial charge in [-0.1, -0.05) is 32.9 Å². The molecule has 0 bridgehead atoms. The van der Waals surface area contributed by atoms with Crippen LogP contribution in [-0.2, 0) is 11.3 Å². The predicted molar refractivity (Wildman–Crippen MR) is 138 cm³/mol. The normalized spacial score (nSPS) is 15.8. The van der Waals surface area contributed by atoms with Crippen molar-refractivity contribution < 1.29 is 9.53 Å². The van der Waals surface area contributed by atoms with Crippen molar-refractivity contribution in [3.05, 3.63) is 35.4 Å². The molecule has 1 aliphatic heterocycles. The highest BCUT2D eigenvalue weighted by atomic mass is 127. The molecule has 31 heavy (non-hydrogen) atoms. The molecule has 1 saturated heterocycles. The lowest BCUT2D eigenvalue weighted by Gasteiger charge is -2.37. The van der Waals surface area contributed by atoms with Crippen molar-refractivity contribution in [3.8, 4) is 0 Å². The van der Waals surface area contributed by atoms with Gasteiger partial charge in [0.2, 0.25) is 0 Å². The van der Waals surface area contributed by atoms with Crippen LogP contribution in [0.25, 0.3) is 0 Å². The number of guanidine groups is 1. The minimum Gasteiger partial charge on any atom is -0.379 e. The van der Waals surface area contributed by atoms with E-state index in [2.05, 4.69) is 41.6 Å². The van der Waals surface area contributed by atoms with E-state index in [1.54, 1.807) is 0 Å². The Hall–Kier alpha value is -1.39. The van der Waals surface area contributed by atoms with E-state index < -0.39 is 0 Å². The molecule has 0 aromatic heterocycles. The Kier molecular flexibility index (Phi) is 13.7. The molecule has 1 amide bonds. The molecule has 0 saturated carbocycles. The highest BCUT2D eigenvalue weighted by Gasteiger charge is 2.23. The fourth-order valence-electron chi connectivity index (χ4n) is 3.56. The molecule has 7 nitrogen and oxygen atoms in total. The van der Waals surface area contributed by atoms with Crippen molar-refractivity contribution in [2.45, 2.75) is 46.7 Å². The highest BCUT2D eigenvalue weighted by Crippen LogP contribution is 2.12. The van der Waals surface area contributed by atoms with E-state index in [4.69, 9.17) is 9.73 Å². The first-order chi connectivity index (χ1) is 14.5. The molecule has 1 fully saturated rings. The minimum absolute atomic E-state index is 0. The number of benzene rings is 1. The zero-order valence-electron chi connectivity index (χ0n) is 19.4. The fourth-order valence-corrected chi connectivity index (χ4v) is 3.56. The monoisotopic (exact) mass is 545 g/mol. The number of hydrogen-bond acceptors (Lipinski definition) is 4. The van der Waals surface area contributed by atoms with Gasteiger partial charge >= 0.3 is 0 Å². The second-order valence-corrected chi connectivity index (χ2v) is 7.99. The van der Waals surface area contributed by atoms with Crippen molar-refractivity contribution in [2.24, 2.45) is 10.9 Å². The third-order valence-electron chi connectivity index (χ3n) is 5.25. The smallest absolute Gasteiger partial charge is 0.251 e. The molecule has 1 unspecified atom stereocenters. The number of nitrogens with one attached hydrogen (secondary N) is 3. The van der Waals surface area contributed by atoms with Crippen molar-refractivity contribution in [2.75, 3.05) is 45.9 Å². The van der Waals surface area contributed by atoms with E-state index in [0.717, 1.165) is 57.3 Å². The Morgan fingerprint density at radius 1 is 1.16 bits per heavy atom. The SMILES string of the molecule is CCCNC(=O)c1cccc(CN=C(NCC)NCC(C(C)C)N2CCOCC2)c1.I. The van der Waals surface area contributed by atoms with Gasteiger partial charge in [-0.25, -0.2) is 4.99 Å². The number of halogens is 1. The summed E-state index contributed by atoms with van der Waals surface area (Å²) in [5.74, 6) is 1.31. The van der Waals surface area contributed by atoms with Gasteiger partial charge < -0.3 is 20.7 Å². The topological polar surface area (TPSA) is 78.0 Å². The van der Waals surface area contributed by atoms with Crippen LogP contribution in [0.5, 0.6) is 0 Å². The molecule has 0 spiro atoms. The molecule has 1 aromatic carbocycles.